The number of likely N-dealkylation sites (tertiary alicyclic amines) is 1. The summed E-state index contributed by atoms with van der Waals surface area (Å²) in [5.41, 5.74) is 3.73. The molecule has 0 N–H and O–H groups in total. The quantitative estimate of drug-likeness (QED) is 0.742. The van der Waals surface area contributed by atoms with Crippen molar-refractivity contribution in [1.82, 2.24) is 4.90 Å². The molecule has 2 aromatic carbocycles. The molecule has 0 aliphatic carbocycles. The average Bonchev–Trinajstić information content (AvgIpc) is 2.62. The lowest BCUT2D eigenvalue weighted by Crippen LogP contribution is -2.41. The summed E-state index contributed by atoms with van der Waals surface area (Å²) in [6.07, 6.45) is 2.76. The number of piperidine rings is 1. The Kier molecular flexibility index (Phi) is 5.65. The Balaban J connectivity index is 1.66. The first-order chi connectivity index (χ1) is 12.4. The molecule has 1 fully saturated rings. The monoisotopic (exact) mass is 351 g/mol. The van der Waals surface area contributed by atoms with E-state index in [2.05, 4.69) is 54.6 Å². The summed E-state index contributed by atoms with van der Waals surface area (Å²) in [6.45, 7) is 7.27. The van der Waals surface area contributed by atoms with Gasteiger partial charge in [-0.3, -0.25) is 0 Å². The van der Waals surface area contributed by atoms with E-state index in [1.165, 1.54) is 16.7 Å². The molecule has 0 spiro atoms. The van der Waals surface area contributed by atoms with Crippen LogP contribution in [0.1, 0.15) is 56.2 Å². The predicted octanol–water partition coefficient (Wildman–Crippen LogP) is 5.39. The highest BCUT2D eigenvalue weighted by molar-refractivity contribution is 5.68. The lowest BCUT2D eigenvalue weighted by Gasteiger charge is -2.34. The largest absolute Gasteiger partial charge is 0.444 e. The molecule has 0 bridgehead atoms. The van der Waals surface area contributed by atoms with Crippen molar-refractivity contribution >= 4 is 6.09 Å². The zero-order valence-electron chi connectivity index (χ0n) is 16.1. The second kappa shape index (κ2) is 7.94. The van der Waals surface area contributed by atoms with Crippen molar-refractivity contribution in [3.63, 3.8) is 0 Å². The highest BCUT2D eigenvalue weighted by Gasteiger charge is 2.28. The number of rotatable bonds is 3. The van der Waals surface area contributed by atoms with Crippen LogP contribution in [0.5, 0.6) is 0 Å². The van der Waals surface area contributed by atoms with Gasteiger partial charge in [0, 0.05) is 13.1 Å². The topological polar surface area (TPSA) is 29.5 Å². The van der Waals surface area contributed by atoms with Gasteiger partial charge in [-0.2, -0.15) is 0 Å². The van der Waals surface area contributed by atoms with Crippen LogP contribution in [-0.2, 0) is 11.2 Å². The number of nitrogens with zero attached hydrogens (tertiary/aromatic N) is 1. The molecule has 1 heterocycles. The maximum Gasteiger partial charge on any atom is 0.410 e. The molecule has 0 radical (unpaired) electrons. The SMILES string of the molecule is CC(C)(C)OC(=O)N1CCC(c2ccccc2Cc2ccccc2)CC1. The normalized spacial score (nSPS) is 15.7. The fourth-order valence-electron chi connectivity index (χ4n) is 3.61. The van der Waals surface area contributed by atoms with Crippen LogP contribution in [-0.4, -0.2) is 29.7 Å². The number of carbonyl (C=O) groups is 1. The number of hydrogen-bond acceptors (Lipinski definition) is 2. The first-order valence-electron chi connectivity index (χ1n) is 9.52. The summed E-state index contributed by atoms with van der Waals surface area (Å²) in [5, 5.41) is 0. The van der Waals surface area contributed by atoms with Gasteiger partial charge < -0.3 is 9.64 Å². The minimum absolute atomic E-state index is 0.187. The fourth-order valence-corrected chi connectivity index (χ4v) is 3.61. The zero-order chi connectivity index (χ0) is 18.6. The molecule has 1 aliphatic rings. The van der Waals surface area contributed by atoms with E-state index in [4.69, 9.17) is 4.74 Å². The second-order valence-corrected chi connectivity index (χ2v) is 8.10. The van der Waals surface area contributed by atoms with E-state index in [0.29, 0.717) is 5.92 Å². The smallest absolute Gasteiger partial charge is 0.410 e. The van der Waals surface area contributed by atoms with E-state index in [0.717, 1.165) is 32.4 Å². The fraction of sp³-hybridized carbons (Fsp3) is 0.435. The van der Waals surface area contributed by atoms with Gasteiger partial charge in [-0.1, -0.05) is 54.6 Å². The van der Waals surface area contributed by atoms with Gasteiger partial charge in [-0.25, -0.2) is 4.79 Å². The Bertz CT molecular complexity index is 725. The van der Waals surface area contributed by atoms with E-state index < -0.39 is 5.60 Å². The third kappa shape index (κ3) is 4.87. The highest BCUT2D eigenvalue weighted by atomic mass is 16.6. The molecule has 2 aromatic rings. The van der Waals surface area contributed by atoms with Gasteiger partial charge >= 0.3 is 6.09 Å². The van der Waals surface area contributed by atoms with Crippen molar-refractivity contribution < 1.29 is 9.53 Å². The summed E-state index contributed by atoms with van der Waals surface area (Å²) in [7, 11) is 0. The van der Waals surface area contributed by atoms with Crippen molar-refractivity contribution in [2.45, 2.75) is 51.6 Å². The van der Waals surface area contributed by atoms with Gasteiger partial charge in [0.25, 0.3) is 0 Å². The number of hydrogen-bond donors (Lipinski definition) is 0. The van der Waals surface area contributed by atoms with E-state index in [-0.39, 0.29) is 6.09 Å². The molecular weight excluding hydrogens is 322 g/mol. The molecule has 0 atom stereocenters. The van der Waals surface area contributed by atoms with Crippen molar-refractivity contribution in [3.8, 4) is 0 Å². The van der Waals surface area contributed by atoms with Crippen LogP contribution >= 0.6 is 0 Å². The second-order valence-electron chi connectivity index (χ2n) is 8.10. The van der Waals surface area contributed by atoms with Gasteiger partial charge in [0.15, 0.2) is 0 Å². The Morgan fingerprint density at radius 2 is 1.62 bits per heavy atom. The Hall–Kier alpha value is -2.29. The van der Waals surface area contributed by atoms with Crippen LogP contribution in [0.3, 0.4) is 0 Å². The van der Waals surface area contributed by atoms with E-state index in [1.54, 1.807) is 0 Å². The standard InChI is InChI=1S/C23H29NO2/c1-23(2,3)26-22(25)24-15-13-19(14-16-24)21-12-8-7-11-20(21)17-18-9-5-4-6-10-18/h4-12,19H,13-17H2,1-3H3. The number of amides is 1. The minimum Gasteiger partial charge on any atom is -0.444 e. The van der Waals surface area contributed by atoms with E-state index in [9.17, 15) is 4.79 Å². The number of carbonyl (C=O) groups excluding carboxylic acids is 1. The Morgan fingerprint density at radius 3 is 2.27 bits per heavy atom. The number of ether oxygens (including phenoxy) is 1. The molecule has 0 aromatic heterocycles. The third-order valence-corrected chi connectivity index (χ3v) is 4.88. The van der Waals surface area contributed by atoms with Crippen molar-refractivity contribution in [3.05, 3.63) is 71.3 Å². The summed E-state index contributed by atoms with van der Waals surface area (Å²) < 4.78 is 5.51. The molecule has 1 aliphatic heterocycles. The Labute approximate surface area is 157 Å². The third-order valence-electron chi connectivity index (χ3n) is 4.88. The van der Waals surface area contributed by atoms with Gasteiger partial charge in [-0.15, -0.1) is 0 Å². The molecule has 3 rings (SSSR count). The van der Waals surface area contributed by atoms with Crippen LogP contribution in [0.4, 0.5) is 4.79 Å². The molecule has 1 saturated heterocycles. The summed E-state index contributed by atoms with van der Waals surface area (Å²) in [4.78, 5) is 14.1. The summed E-state index contributed by atoms with van der Waals surface area (Å²) in [6, 6.07) is 19.4. The molecule has 0 unspecified atom stereocenters. The zero-order valence-corrected chi connectivity index (χ0v) is 16.1. The molecule has 3 heteroatoms. The minimum atomic E-state index is -0.434. The summed E-state index contributed by atoms with van der Waals surface area (Å²) >= 11 is 0. The lowest BCUT2D eigenvalue weighted by atomic mass is 9.85. The summed E-state index contributed by atoms with van der Waals surface area (Å²) in [5.74, 6) is 0.508. The van der Waals surface area contributed by atoms with Crippen molar-refractivity contribution in [2.24, 2.45) is 0 Å². The Morgan fingerprint density at radius 1 is 1.00 bits per heavy atom. The maximum absolute atomic E-state index is 12.3. The van der Waals surface area contributed by atoms with Crippen LogP contribution in [0.2, 0.25) is 0 Å². The van der Waals surface area contributed by atoms with Crippen LogP contribution in [0, 0.1) is 0 Å². The van der Waals surface area contributed by atoms with Crippen molar-refractivity contribution in [2.75, 3.05) is 13.1 Å². The molecule has 0 saturated carbocycles. The van der Waals surface area contributed by atoms with Crippen LogP contribution in [0.15, 0.2) is 54.6 Å². The molecular formula is C23H29NO2. The lowest BCUT2D eigenvalue weighted by molar-refractivity contribution is 0.0205. The molecule has 1 amide bonds. The van der Waals surface area contributed by atoms with Gasteiger partial charge in [0.1, 0.15) is 5.60 Å². The molecule has 138 valence electrons. The van der Waals surface area contributed by atoms with Crippen LogP contribution < -0.4 is 0 Å². The van der Waals surface area contributed by atoms with Crippen LogP contribution in [0.25, 0.3) is 0 Å². The van der Waals surface area contributed by atoms with Gasteiger partial charge in [0.2, 0.25) is 0 Å². The molecule has 3 nitrogen and oxygen atoms in total. The first kappa shape index (κ1) is 18.5. The molecule has 26 heavy (non-hydrogen) atoms. The number of benzene rings is 2. The highest BCUT2D eigenvalue weighted by Crippen LogP contribution is 2.32. The van der Waals surface area contributed by atoms with Gasteiger partial charge in [0.05, 0.1) is 0 Å². The van der Waals surface area contributed by atoms with Gasteiger partial charge in [-0.05, 0) is 62.6 Å². The van der Waals surface area contributed by atoms with E-state index >= 15 is 0 Å². The average molecular weight is 351 g/mol. The first-order valence-corrected chi connectivity index (χ1v) is 9.52. The van der Waals surface area contributed by atoms with E-state index in [1.807, 2.05) is 25.7 Å². The maximum atomic E-state index is 12.3. The van der Waals surface area contributed by atoms with Crippen molar-refractivity contribution in [1.29, 1.82) is 0 Å². The predicted molar refractivity (Wildman–Crippen MR) is 105 cm³/mol.